The van der Waals surface area contributed by atoms with Crippen molar-refractivity contribution >= 4 is 38.6 Å². The summed E-state index contributed by atoms with van der Waals surface area (Å²) < 4.78 is 2.25. The monoisotopic (exact) mass is 446 g/mol. The van der Waals surface area contributed by atoms with Crippen LogP contribution in [-0.4, -0.2) is 19.4 Å². The van der Waals surface area contributed by atoms with Crippen LogP contribution in [0, 0.1) is 0 Å². The summed E-state index contributed by atoms with van der Waals surface area (Å²) in [5.41, 5.74) is 17.1. The molecule has 0 bridgehead atoms. The average molecular weight is 447 g/mol. The van der Waals surface area contributed by atoms with Gasteiger partial charge < -0.3 is 0 Å². The Morgan fingerprint density at radius 3 is 2.34 bits per heavy atom. The molecular formula is C31H18N4. The van der Waals surface area contributed by atoms with Gasteiger partial charge in [-0.3, -0.25) is 14.4 Å². The minimum Gasteiger partial charge on any atom is -0.289 e. The summed E-state index contributed by atoms with van der Waals surface area (Å²) in [6.07, 6.45) is 5.64. The number of aromatic nitrogens is 4. The molecule has 0 unspecified atom stereocenters. The van der Waals surface area contributed by atoms with E-state index >= 15 is 0 Å². The van der Waals surface area contributed by atoms with Gasteiger partial charge in [0.2, 0.25) is 0 Å². The van der Waals surface area contributed by atoms with E-state index in [9.17, 15) is 0 Å². The Balaban J connectivity index is 1.45. The molecule has 35 heavy (non-hydrogen) atoms. The van der Waals surface area contributed by atoms with E-state index in [0.29, 0.717) is 0 Å². The van der Waals surface area contributed by atoms with Crippen molar-refractivity contribution in [2.24, 2.45) is 0 Å². The molecule has 0 N–H and O–H groups in total. The van der Waals surface area contributed by atoms with Gasteiger partial charge in [-0.1, -0.05) is 42.5 Å². The van der Waals surface area contributed by atoms with Crippen LogP contribution in [0.5, 0.6) is 0 Å². The molecule has 0 fully saturated rings. The molecule has 2 aliphatic carbocycles. The molecule has 0 radical (unpaired) electrons. The fourth-order valence-corrected chi connectivity index (χ4v) is 6.50. The molecule has 4 aromatic heterocycles. The SMILES string of the molecule is c1ccc2c(c1)Cc1c-2ccc2c1-c1c(ccc3c1nc1c4ncccc4c4ncccc4n31)C2. The molecule has 3 aromatic carbocycles. The van der Waals surface area contributed by atoms with Crippen molar-refractivity contribution in [2.45, 2.75) is 12.8 Å². The highest BCUT2D eigenvalue weighted by atomic mass is 15.0. The first-order valence-corrected chi connectivity index (χ1v) is 12.1. The maximum absolute atomic E-state index is 5.31. The lowest BCUT2D eigenvalue weighted by atomic mass is 9.94. The minimum atomic E-state index is 0.896. The van der Waals surface area contributed by atoms with E-state index in [4.69, 9.17) is 15.0 Å². The smallest absolute Gasteiger partial charge is 0.165 e. The molecule has 4 heteroatoms. The molecule has 2 aliphatic rings. The first-order valence-electron chi connectivity index (χ1n) is 12.1. The van der Waals surface area contributed by atoms with Gasteiger partial charge in [-0.05, 0) is 82.1 Å². The summed E-state index contributed by atoms with van der Waals surface area (Å²) in [4.78, 5) is 14.8. The fraction of sp³-hybridized carbons (Fsp3) is 0.0645. The minimum absolute atomic E-state index is 0.896. The number of imidazole rings is 1. The van der Waals surface area contributed by atoms with Gasteiger partial charge in [0.15, 0.2) is 5.65 Å². The maximum Gasteiger partial charge on any atom is 0.165 e. The van der Waals surface area contributed by atoms with E-state index in [-0.39, 0.29) is 0 Å². The molecular weight excluding hydrogens is 428 g/mol. The van der Waals surface area contributed by atoms with Gasteiger partial charge in [0.1, 0.15) is 5.52 Å². The van der Waals surface area contributed by atoms with E-state index < -0.39 is 0 Å². The standard InChI is InChI=1S/C31H18N4/c1-2-6-20-17(5-1)16-23-21(20)11-9-18-15-19-10-12-25-30(27(19)26(18)23)34-31-29-22(7-3-13-33-29)28-24(35(25)31)8-4-14-32-28/h1-14H,15-16H2. The lowest BCUT2D eigenvalue weighted by Crippen LogP contribution is -1.94. The third-order valence-corrected chi connectivity index (χ3v) is 7.92. The van der Waals surface area contributed by atoms with Crippen LogP contribution in [-0.2, 0) is 12.8 Å². The maximum atomic E-state index is 5.31. The summed E-state index contributed by atoms with van der Waals surface area (Å²) in [6, 6.07) is 26.2. The molecule has 0 amide bonds. The summed E-state index contributed by atoms with van der Waals surface area (Å²) in [5.74, 6) is 0. The number of hydrogen-bond acceptors (Lipinski definition) is 3. The van der Waals surface area contributed by atoms with Gasteiger partial charge in [0.25, 0.3) is 0 Å². The van der Waals surface area contributed by atoms with Crippen molar-refractivity contribution in [2.75, 3.05) is 0 Å². The molecule has 162 valence electrons. The van der Waals surface area contributed by atoms with Crippen molar-refractivity contribution in [3.05, 3.63) is 107 Å². The van der Waals surface area contributed by atoms with Crippen molar-refractivity contribution in [3.63, 3.8) is 0 Å². The second-order valence-electron chi connectivity index (χ2n) is 9.65. The zero-order chi connectivity index (χ0) is 22.7. The molecule has 9 rings (SSSR count). The highest BCUT2D eigenvalue weighted by Gasteiger charge is 2.31. The highest BCUT2D eigenvalue weighted by Crippen LogP contribution is 2.49. The van der Waals surface area contributed by atoms with Gasteiger partial charge in [-0.2, -0.15) is 0 Å². The summed E-state index contributed by atoms with van der Waals surface area (Å²) in [7, 11) is 0. The first kappa shape index (κ1) is 17.8. The molecule has 0 spiro atoms. The number of pyridine rings is 3. The molecule has 4 heterocycles. The van der Waals surface area contributed by atoms with Crippen LogP contribution in [0.3, 0.4) is 0 Å². The van der Waals surface area contributed by atoms with E-state index in [1.165, 1.54) is 44.5 Å². The normalized spacial score (nSPS) is 13.5. The van der Waals surface area contributed by atoms with Crippen LogP contribution in [0.25, 0.3) is 60.9 Å². The highest BCUT2D eigenvalue weighted by molar-refractivity contribution is 6.12. The number of hydrogen-bond donors (Lipinski definition) is 0. The quantitative estimate of drug-likeness (QED) is 0.243. The molecule has 7 aromatic rings. The van der Waals surface area contributed by atoms with Crippen LogP contribution in [0.15, 0.2) is 85.2 Å². The number of benzene rings is 3. The molecule has 4 nitrogen and oxygen atoms in total. The van der Waals surface area contributed by atoms with E-state index in [1.807, 2.05) is 24.5 Å². The molecule has 0 atom stereocenters. The zero-order valence-electron chi connectivity index (χ0n) is 18.8. The van der Waals surface area contributed by atoms with E-state index in [2.05, 4.69) is 65.1 Å². The Morgan fingerprint density at radius 2 is 1.37 bits per heavy atom. The summed E-state index contributed by atoms with van der Waals surface area (Å²) in [5, 5.41) is 1.04. The van der Waals surface area contributed by atoms with Gasteiger partial charge in [0.05, 0.1) is 22.1 Å². The predicted octanol–water partition coefficient (Wildman–Crippen LogP) is 6.73. The molecule has 0 saturated carbocycles. The Labute approximate surface area is 200 Å². The van der Waals surface area contributed by atoms with E-state index in [0.717, 1.165) is 51.5 Å². The zero-order valence-corrected chi connectivity index (χ0v) is 18.8. The Kier molecular flexibility index (Phi) is 3.11. The summed E-state index contributed by atoms with van der Waals surface area (Å²) >= 11 is 0. The first-order chi connectivity index (χ1) is 17.4. The van der Waals surface area contributed by atoms with Crippen molar-refractivity contribution in [3.8, 4) is 22.3 Å². The fourth-order valence-electron chi connectivity index (χ4n) is 6.50. The molecule has 0 aliphatic heterocycles. The average Bonchev–Trinajstić information content (AvgIpc) is 3.59. The lowest BCUT2D eigenvalue weighted by Gasteiger charge is -2.10. The Morgan fingerprint density at radius 1 is 0.571 bits per heavy atom. The van der Waals surface area contributed by atoms with Crippen LogP contribution in [0.4, 0.5) is 0 Å². The Bertz CT molecular complexity index is 2070. The predicted molar refractivity (Wildman–Crippen MR) is 140 cm³/mol. The van der Waals surface area contributed by atoms with Crippen LogP contribution in [0.2, 0.25) is 0 Å². The van der Waals surface area contributed by atoms with Crippen LogP contribution < -0.4 is 0 Å². The van der Waals surface area contributed by atoms with Crippen molar-refractivity contribution < 1.29 is 0 Å². The summed E-state index contributed by atoms with van der Waals surface area (Å²) in [6.45, 7) is 0. The van der Waals surface area contributed by atoms with Gasteiger partial charge in [0, 0.05) is 23.3 Å². The van der Waals surface area contributed by atoms with Gasteiger partial charge in [-0.15, -0.1) is 0 Å². The second kappa shape index (κ2) is 6.10. The van der Waals surface area contributed by atoms with Crippen LogP contribution >= 0.6 is 0 Å². The number of fused-ring (bicyclic) bond motifs is 16. The van der Waals surface area contributed by atoms with Gasteiger partial charge in [-0.25, -0.2) is 4.98 Å². The third kappa shape index (κ3) is 2.11. The van der Waals surface area contributed by atoms with Crippen molar-refractivity contribution in [1.29, 1.82) is 0 Å². The second-order valence-corrected chi connectivity index (χ2v) is 9.65. The molecule has 0 saturated heterocycles. The van der Waals surface area contributed by atoms with Crippen LogP contribution in [0.1, 0.15) is 22.3 Å². The van der Waals surface area contributed by atoms with Gasteiger partial charge >= 0.3 is 0 Å². The van der Waals surface area contributed by atoms with E-state index in [1.54, 1.807) is 0 Å². The lowest BCUT2D eigenvalue weighted by molar-refractivity contribution is 1.23. The third-order valence-electron chi connectivity index (χ3n) is 7.92. The van der Waals surface area contributed by atoms with Crippen molar-refractivity contribution in [1.82, 2.24) is 19.4 Å². The number of nitrogens with zero attached hydrogens (tertiary/aromatic N) is 4. The Hall–Kier alpha value is -4.57. The topological polar surface area (TPSA) is 43.1 Å². The number of rotatable bonds is 0. The largest absolute Gasteiger partial charge is 0.289 e.